The number of hydrogen-bond donors (Lipinski definition) is 2. The molecule has 2 heterocycles. The van der Waals surface area contributed by atoms with Crippen molar-refractivity contribution in [1.82, 2.24) is 5.32 Å². The SMILES string of the molecule is CCOC(=O)c1c(NC(=O)CN[C@H](C)c2ccco2)oc(C)c1C(C)=O. The normalized spacial score (nSPS) is 11.8. The van der Waals surface area contributed by atoms with E-state index in [4.69, 9.17) is 13.6 Å². The molecular weight excluding hydrogens is 340 g/mol. The number of nitrogens with one attached hydrogen (secondary N) is 2. The molecule has 2 rings (SSSR count). The fraction of sp³-hybridized carbons (Fsp3) is 0.389. The highest BCUT2D eigenvalue weighted by Gasteiger charge is 2.28. The molecule has 0 spiro atoms. The largest absolute Gasteiger partial charge is 0.468 e. The van der Waals surface area contributed by atoms with Crippen LogP contribution < -0.4 is 10.6 Å². The molecular formula is C18H22N2O6. The second kappa shape index (κ2) is 8.48. The first-order chi connectivity index (χ1) is 12.3. The lowest BCUT2D eigenvalue weighted by atomic mass is 10.1. The molecule has 1 atom stereocenters. The molecule has 2 aromatic rings. The first-order valence-electron chi connectivity index (χ1n) is 8.23. The zero-order valence-electron chi connectivity index (χ0n) is 15.2. The molecule has 26 heavy (non-hydrogen) atoms. The topological polar surface area (TPSA) is 111 Å². The van der Waals surface area contributed by atoms with Crippen molar-refractivity contribution in [2.75, 3.05) is 18.5 Å². The Morgan fingerprint density at radius 1 is 1.27 bits per heavy atom. The number of hydrogen-bond acceptors (Lipinski definition) is 7. The van der Waals surface area contributed by atoms with E-state index in [0.29, 0.717) is 5.76 Å². The maximum absolute atomic E-state index is 12.2. The summed E-state index contributed by atoms with van der Waals surface area (Å²) in [5.41, 5.74) is 0.0416. The van der Waals surface area contributed by atoms with Gasteiger partial charge in [0.25, 0.3) is 0 Å². The minimum absolute atomic E-state index is 0.0424. The molecule has 2 aromatic heterocycles. The lowest BCUT2D eigenvalue weighted by Gasteiger charge is -2.11. The van der Waals surface area contributed by atoms with Gasteiger partial charge in [0.1, 0.15) is 17.1 Å². The quantitative estimate of drug-likeness (QED) is 0.549. The number of furan rings is 2. The molecule has 0 aromatic carbocycles. The monoisotopic (exact) mass is 362 g/mol. The summed E-state index contributed by atoms with van der Waals surface area (Å²) in [6.07, 6.45) is 1.55. The zero-order valence-corrected chi connectivity index (χ0v) is 15.2. The van der Waals surface area contributed by atoms with Gasteiger partial charge < -0.3 is 13.6 Å². The van der Waals surface area contributed by atoms with Crippen LogP contribution in [0.15, 0.2) is 27.2 Å². The average Bonchev–Trinajstić information content (AvgIpc) is 3.20. The number of carbonyl (C=O) groups is 3. The van der Waals surface area contributed by atoms with Gasteiger partial charge in [-0.1, -0.05) is 0 Å². The molecule has 0 bridgehead atoms. The highest BCUT2D eigenvalue weighted by atomic mass is 16.5. The molecule has 0 fully saturated rings. The Labute approximate surface area is 150 Å². The van der Waals surface area contributed by atoms with E-state index in [1.807, 2.05) is 6.92 Å². The molecule has 0 aliphatic heterocycles. The van der Waals surface area contributed by atoms with Crippen LogP contribution in [0.3, 0.4) is 0 Å². The Morgan fingerprint density at radius 2 is 2.00 bits per heavy atom. The highest BCUT2D eigenvalue weighted by Crippen LogP contribution is 2.28. The van der Waals surface area contributed by atoms with Gasteiger partial charge >= 0.3 is 5.97 Å². The van der Waals surface area contributed by atoms with Gasteiger partial charge in [0.15, 0.2) is 5.78 Å². The van der Waals surface area contributed by atoms with Gasteiger partial charge in [0, 0.05) is 0 Å². The summed E-state index contributed by atoms with van der Waals surface area (Å²) in [7, 11) is 0. The predicted octanol–water partition coefficient (Wildman–Crippen LogP) is 2.85. The van der Waals surface area contributed by atoms with Crippen LogP contribution in [0.5, 0.6) is 0 Å². The summed E-state index contributed by atoms with van der Waals surface area (Å²) in [4.78, 5) is 36.2. The number of esters is 1. The second-order valence-electron chi connectivity index (χ2n) is 5.68. The van der Waals surface area contributed by atoms with Crippen LogP contribution >= 0.6 is 0 Å². The van der Waals surface area contributed by atoms with Crippen LogP contribution in [0.1, 0.15) is 59.0 Å². The Hall–Kier alpha value is -2.87. The van der Waals surface area contributed by atoms with Crippen LogP contribution in [-0.4, -0.2) is 30.8 Å². The highest BCUT2D eigenvalue weighted by molar-refractivity contribution is 6.10. The number of ketones is 1. The molecule has 0 aliphatic carbocycles. The fourth-order valence-corrected chi connectivity index (χ4v) is 2.51. The number of rotatable bonds is 8. The average molecular weight is 362 g/mol. The Balaban J connectivity index is 2.12. The maximum Gasteiger partial charge on any atom is 0.344 e. The smallest absolute Gasteiger partial charge is 0.344 e. The van der Waals surface area contributed by atoms with Crippen LogP contribution in [-0.2, 0) is 9.53 Å². The summed E-state index contributed by atoms with van der Waals surface area (Å²) in [5.74, 6) is -0.659. The summed E-state index contributed by atoms with van der Waals surface area (Å²) < 4.78 is 15.7. The van der Waals surface area contributed by atoms with E-state index in [-0.39, 0.29) is 47.7 Å². The number of ether oxygens (including phenoxy) is 1. The standard InChI is InChI=1S/C18H22N2O6/c1-5-24-18(23)16-15(11(3)21)12(4)26-17(16)20-14(22)9-19-10(2)13-7-6-8-25-13/h6-8,10,19H,5,9H2,1-4H3,(H,20,22)/t10-/m1/s1. The molecule has 0 unspecified atom stereocenters. The minimum Gasteiger partial charge on any atom is -0.468 e. The summed E-state index contributed by atoms with van der Waals surface area (Å²) in [5, 5.41) is 5.51. The maximum atomic E-state index is 12.2. The summed E-state index contributed by atoms with van der Waals surface area (Å²) >= 11 is 0. The van der Waals surface area contributed by atoms with Crippen molar-refractivity contribution in [2.24, 2.45) is 0 Å². The van der Waals surface area contributed by atoms with E-state index in [0.717, 1.165) is 0 Å². The third kappa shape index (κ3) is 4.40. The van der Waals surface area contributed by atoms with E-state index in [2.05, 4.69) is 10.6 Å². The first kappa shape index (κ1) is 19.5. The van der Waals surface area contributed by atoms with Crippen LogP contribution in [0.25, 0.3) is 0 Å². The van der Waals surface area contributed by atoms with Crippen LogP contribution in [0.4, 0.5) is 5.88 Å². The summed E-state index contributed by atoms with van der Waals surface area (Å²) in [6.45, 7) is 6.46. The van der Waals surface area contributed by atoms with E-state index in [1.165, 1.54) is 6.92 Å². The van der Waals surface area contributed by atoms with Gasteiger partial charge in [-0.2, -0.15) is 0 Å². The second-order valence-corrected chi connectivity index (χ2v) is 5.68. The predicted molar refractivity (Wildman–Crippen MR) is 93.2 cm³/mol. The molecule has 140 valence electrons. The number of aryl methyl sites for hydroxylation is 1. The number of Topliss-reactive ketones (excluding diaryl/α,β-unsaturated/α-hetero) is 1. The number of amides is 1. The van der Waals surface area contributed by atoms with Gasteiger partial charge in [0.2, 0.25) is 11.8 Å². The van der Waals surface area contributed by atoms with E-state index in [9.17, 15) is 14.4 Å². The third-order valence-electron chi connectivity index (χ3n) is 3.71. The third-order valence-corrected chi connectivity index (χ3v) is 3.71. The molecule has 0 radical (unpaired) electrons. The van der Waals surface area contributed by atoms with E-state index in [1.54, 1.807) is 32.2 Å². The van der Waals surface area contributed by atoms with Crippen molar-refractivity contribution in [3.8, 4) is 0 Å². The van der Waals surface area contributed by atoms with E-state index >= 15 is 0 Å². The van der Waals surface area contributed by atoms with E-state index < -0.39 is 11.9 Å². The molecule has 1 amide bonds. The lowest BCUT2D eigenvalue weighted by molar-refractivity contribution is -0.115. The number of anilines is 1. The van der Waals surface area contributed by atoms with Crippen LogP contribution in [0.2, 0.25) is 0 Å². The first-order valence-corrected chi connectivity index (χ1v) is 8.23. The van der Waals surface area contributed by atoms with Crippen LogP contribution in [0, 0.1) is 6.92 Å². The summed E-state index contributed by atoms with van der Waals surface area (Å²) in [6, 6.07) is 3.38. The Morgan fingerprint density at radius 3 is 2.58 bits per heavy atom. The Kier molecular flexibility index (Phi) is 6.35. The van der Waals surface area contributed by atoms with Crippen molar-refractivity contribution in [3.63, 3.8) is 0 Å². The molecule has 8 heteroatoms. The molecule has 0 saturated carbocycles. The fourth-order valence-electron chi connectivity index (χ4n) is 2.51. The van der Waals surface area contributed by atoms with Crippen molar-refractivity contribution >= 4 is 23.5 Å². The number of carbonyl (C=O) groups excluding carboxylic acids is 3. The minimum atomic E-state index is -0.721. The Bertz CT molecular complexity index is 791. The van der Waals surface area contributed by atoms with Gasteiger partial charge in [-0.05, 0) is 39.8 Å². The molecule has 2 N–H and O–H groups in total. The molecule has 0 aliphatic rings. The van der Waals surface area contributed by atoms with Crippen molar-refractivity contribution < 1.29 is 28.0 Å². The van der Waals surface area contributed by atoms with Gasteiger partial charge in [-0.15, -0.1) is 0 Å². The lowest BCUT2D eigenvalue weighted by Crippen LogP contribution is -2.30. The zero-order chi connectivity index (χ0) is 19.3. The molecule has 0 saturated heterocycles. The van der Waals surface area contributed by atoms with Crippen molar-refractivity contribution in [2.45, 2.75) is 33.7 Å². The van der Waals surface area contributed by atoms with Gasteiger partial charge in [-0.3, -0.25) is 20.2 Å². The van der Waals surface area contributed by atoms with Gasteiger partial charge in [-0.25, -0.2) is 4.79 Å². The van der Waals surface area contributed by atoms with Gasteiger partial charge in [0.05, 0.1) is 31.0 Å². The molecule has 8 nitrogen and oxygen atoms in total. The van der Waals surface area contributed by atoms with Crippen molar-refractivity contribution in [3.05, 3.63) is 41.0 Å². The van der Waals surface area contributed by atoms with Crippen molar-refractivity contribution in [1.29, 1.82) is 0 Å².